The summed E-state index contributed by atoms with van der Waals surface area (Å²) in [6, 6.07) is 5.82. The Morgan fingerprint density at radius 2 is 1.96 bits per heavy atom. The number of nitrogens with one attached hydrogen (secondary N) is 1. The molecule has 5 nitrogen and oxygen atoms in total. The Morgan fingerprint density at radius 3 is 2.59 bits per heavy atom. The normalized spacial score (nSPS) is 16.6. The molecule has 2 rings (SSSR count). The van der Waals surface area contributed by atoms with E-state index in [1.807, 2.05) is 6.92 Å². The molecule has 1 fully saturated rings. The zero-order chi connectivity index (χ0) is 19.9. The van der Waals surface area contributed by atoms with Crippen molar-refractivity contribution in [3.8, 4) is 5.75 Å². The third-order valence-electron chi connectivity index (χ3n) is 4.51. The van der Waals surface area contributed by atoms with Crippen LogP contribution in [0.25, 0.3) is 0 Å². The van der Waals surface area contributed by atoms with Crippen LogP contribution in [0.3, 0.4) is 0 Å². The van der Waals surface area contributed by atoms with Crippen molar-refractivity contribution >= 4 is 10.0 Å². The molecule has 0 atom stereocenters. The number of nitrogens with zero attached hydrogens (tertiary/aromatic N) is 1. The first-order valence-corrected chi connectivity index (χ1v) is 10.9. The van der Waals surface area contributed by atoms with Crippen LogP contribution in [0.1, 0.15) is 38.2 Å². The Morgan fingerprint density at radius 1 is 1.26 bits per heavy atom. The number of rotatable bonds is 9. The van der Waals surface area contributed by atoms with Crippen LogP contribution in [-0.2, 0) is 16.4 Å². The van der Waals surface area contributed by atoms with Crippen molar-refractivity contribution in [3.63, 3.8) is 0 Å². The highest BCUT2D eigenvalue weighted by atomic mass is 32.2. The smallest absolute Gasteiger partial charge is 0.406 e. The number of halogens is 3. The Kier molecular flexibility index (Phi) is 7.93. The van der Waals surface area contributed by atoms with Crippen molar-refractivity contribution in [3.05, 3.63) is 29.8 Å². The maximum Gasteiger partial charge on any atom is 0.573 e. The average molecular weight is 408 g/mol. The van der Waals surface area contributed by atoms with Crippen LogP contribution in [0, 0.1) is 0 Å². The number of hydrogen-bond donors (Lipinski definition) is 1. The molecule has 9 heteroatoms. The molecule has 1 heterocycles. The highest BCUT2D eigenvalue weighted by Crippen LogP contribution is 2.24. The molecule has 1 saturated heterocycles. The van der Waals surface area contributed by atoms with E-state index < -0.39 is 16.4 Å². The Hall–Kier alpha value is -1.32. The maximum absolute atomic E-state index is 12.6. The lowest BCUT2D eigenvalue weighted by atomic mass is 10.1. The van der Waals surface area contributed by atoms with Gasteiger partial charge in [-0.15, -0.1) is 13.2 Å². The van der Waals surface area contributed by atoms with Crippen LogP contribution in [0.2, 0.25) is 0 Å². The molecule has 1 aliphatic rings. The van der Waals surface area contributed by atoms with Crippen molar-refractivity contribution in [2.75, 3.05) is 25.4 Å². The van der Waals surface area contributed by atoms with E-state index in [2.05, 4.69) is 10.1 Å². The lowest BCUT2D eigenvalue weighted by Gasteiger charge is -2.33. The molecule has 0 radical (unpaired) electrons. The zero-order valence-electron chi connectivity index (χ0n) is 15.5. The van der Waals surface area contributed by atoms with Crippen LogP contribution in [0.15, 0.2) is 24.3 Å². The van der Waals surface area contributed by atoms with Gasteiger partial charge < -0.3 is 10.1 Å². The second-order valence-electron chi connectivity index (χ2n) is 6.71. The predicted molar refractivity (Wildman–Crippen MR) is 98.1 cm³/mol. The van der Waals surface area contributed by atoms with Gasteiger partial charge in [-0.2, -0.15) is 4.31 Å². The summed E-state index contributed by atoms with van der Waals surface area (Å²) in [4.78, 5) is 0. The summed E-state index contributed by atoms with van der Waals surface area (Å²) in [5.41, 5.74) is 0.690. The van der Waals surface area contributed by atoms with E-state index in [4.69, 9.17) is 0 Å². The van der Waals surface area contributed by atoms with E-state index in [0.717, 1.165) is 25.9 Å². The third kappa shape index (κ3) is 7.31. The van der Waals surface area contributed by atoms with Gasteiger partial charge in [0.2, 0.25) is 10.0 Å². The molecule has 0 aliphatic carbocycles. The SMILES string of the molecule is CCCS(=O)(=O)N(CCCc1cccc(OC(F)(F)F)c1)C1CCNCC1. The van der Waals surface area contributed by atoms with Crippen molar-refractivity contribution in [2.24, 2.45) is 0 Å². The van der Waals surface area contributed by atoms with E-state index in [1.54, 1.807) is 10.4 Å². The Bertz CT molecular complexity index is 689. The van der Waals surface area contributed by atoms with E-state index in [1.165, 1.54) is 18.2 Å². The first-order chi connectivity index (χ1) is 12.7. The number of piperidine rings is 1. The molecule has 0 aromatic heterocycles. The minimum Gasteiger partial charge on any atom is -0.406 e. The quantitative estimate of drug-likeness (QED) is 0.681. The van der Waals surface area contributed by atoms with Gasteiger partial charge in [-0.25, -0.2) is 8.42 Å². The lowest BCUT2D eigenvalue weighted by Crippen LogP contribution is -2.47. The summed E-state index contributed by atoms with van der Waals surface area (Å²) in [6.45, 7) is 3.79. The number of sulfonamides is 1. The second kappa shape index (κ2) is 9.75. The van der Waals surface area contributed by atoms with Crippen molar-refractivity contribution < 1.29 is 26.3 Å². The van der Waals surface area contributed by atoms with Crippen molar-refractivity contribution in [1.29, 1.82) is 0 Å². The minimum atomic E-state index is -4.72. The fourth-order valence-electron chi connectivity index (χ4n) is 3.36. The van der Waals surface area contributed by atoms with Gasteiger partial charge >= 0.3 is 6.36 Å². The fourth-order valence-corrected chi connectivity index (χ4v) is 5.18. The fraction of sp³-hybridized carbons (Fsp3) is 0.667. The van der Waals surface area contributed by atoms with Gasteiger partial charge in [-0.05, 0) is 62.9 Å². The monoisotopic (exact) mass is 408 g/mol. The topological polar surface area (TPSA) is 58.6 Å². The molecular formula is C18H27F3N2O3S. The number of ether oxygens (including phenoxy) is 1. The lowest BCUT2D eigenvalue weighted by molar-refractivity contribution is -0.274. The van der Waals surface area contributed by atoms with E-state index in [-0.39, 0.29) is 17.5 Å². The van der Waals surface area contributed by atoms with Gasteiger partial charge in [0.15, 0.2) is 0 Å². The van der Waals surface area contributed by atoms with E-state index >= 15 is 0 Å². The van der Waals surface area contributed by atoms with Gasteiger partial charge in [0.05, 0.1) is 5.75 Å². The molecule has 1 aromatic rings. The van der Waals surface area contributed by atoms with Crippen molar-refractivity contribution in [2.45, 2.75) is 51.4 Å². The highest BCUT2D eigenvalue weighted by Gasteiger charge is 2.31. The molecule has 1 N–H and O–H groups in total. The van der Waals surface area contributed by atoms with Crippen LogP contribution >= 0.6 is 0 Å². The summed E-state index contributed by atoms with van der Waals surface area (Å²) in [5, 5.41) is 3.23. The summed E-state index contributed by atoms with van der Waals surface area (Å²) in [5.74, 6) is -0.139. The van der Waals surface area contributed by atoms with Gasteiger partial charge in [0.1, 0.15) is 5.75 Å². The Balaban J connectivity index is 1.99. The molecular weight excluding hydrogens is 381 g/mol. The summed E-state index contributed by atoms with van der Waals surface area (Å²) >= 11 is 0. The summed E-state index contributed by atoms with van der Waals surface area (Å²) in [6.07, 6.45) is -1.59. The largest absolute Gasteiger partial charge is 0.573 e. The summed E-state index contributed by atoms with van der Waals surface area (Å²) < 4.78 is 67.8. The van der Waals surface area contributed by atoms with Crippen LogP contribution in [-0.4, -0.2) is 50.5 Å². The molecule has 1 aromatic carbocycles. The van der Waals surface area contributed by atoms with Crippen LogP contribution < -0.4 is 10.1 Å². The minimum absolute atomic E-state index is 0.0114. The molecule has 0 saturated carbocycles. The van der Waals surface area contributed by atoms with Gasteiger partial charge in [-0.1, -0.05) is 19.1 Å². The molecule has 27 heavy (non-hydrogen) atoms. The third-order valence-corrected chi connectivity index (χ3v) is 6.63. The van der Waals surface area contributed by atoms with E-state index in [0.29, 0.717) is 31.4 Å². The first-order valence-electron chi connectivity index (χ1n) is 9.26. The number of alkyl halides is 3. The maximum atomic E-state index is 12.6. The molecule has 0 bridgehead atoms. The first kappa shape index (κ1) is 22.0. The second-order valence-corrected chi connectivity index (χ2v) is 8.75. The highest BCUT2D eigenvalue weighted by molar-refractivity contribution is 7.89. The number of hydrogen-bond acceptors (Lipinski definition) is 4. The molecule has 154 valence electrons. The van der Waals surface area contributed by atoms with Crippen LogP contribution in [0.4, 0.5) is 13.2 Å². The predicted octanol–water partition coefficient (Wildman–Crippen LogP) is 3.31. The van der Waals surface area contributed by atoms with Gasteiger partial charge in [0.25, 0.3) is 0 Å². The Labute approximate surface area is 158 Å². The summed E-state index contributed by atoms with van der Waals surface area (Å²) in [7, 11) is -3.33. The number of aryl methyl sites for hydroxylation is 1. The van der Waals surface area contributed by atoms with Gasteiger partial charge in [0, 0.05) is 12.6 Å². The zero-order valence-corrected chi connectivity index (χ0v) is 16.3. The average Bonchev–Trinajstić information content (AvgIpc) is 2.58. The molecule has 0 unspecified atom stereocenters. The molecule has 1 aliphatic heterocycles. The standard InChI is InChI=1S/C18H27F3N2O3S/c1-2-13-27(24,25)23(16-8-10-22-11-9-16)12-4-6-15-5-3-7-17(14-15)26-18(19,20)21/h3,5,7,14,16,22H,2,4,6,8-13H2,1H3. The molecule has 0 spiro atoms. The van der Waals surface area contributed by atoms with E-state index in [9.17, 15) is 21.6 Å². The van der Waals surface area contributed by atoms with Gasteiger partial charge in [-0.3, -0.25) is 0 Å². The van der Waals surface area contributed by atoms with Crippen LogP contribution in [0.5, 0.6) is 5.75 Å². The number of benzene rings is 1. The van der Waals surface area contributed by atoms with Crippen molar-refractivity contribution in [1.82, 2.24) is 9.62 Å². The molecule has 0 amide bonds.